The Morgan fingerprint density at radius 1 is 1.20 bits per heavy atom. The van der Waals surface area contributed by atoms with Gasteiger partial charge in [0, 0.05) is 33.4 Å². The van der Waals surface area contributed by atoms with Crippen molar-refractivity contribution in [3.05, 3.63) is 42.4 Å². The van der Waals surface area contributed by atoms with Crippen molar-refractivity contribution in [2.24, 2.45) is 0 Å². The first-order valence-electron chi connectivity index (χ1n) is 5.09. The van der Waals surface area contributed by atoms with Gasteiger partial charge in [-0.15, -0.1) is 13.5 Å². The van der Waals surface area contributed by atoms with E-state index in [0.717, 1.165) is 0 Å². The second-order valence-corrected chi connectivity index (χ2v) is 4.02. The first-order valence-corrected chi connectivity index (χ1v) is 5.09. The Kier molecular flexibility index (Phi) is 4.07. The molecule has 0 saturated heterocycles. The van der Waals surface area contributed by atoms with E-state index in [0.29, 0.717) is 6.04 Å². The topological polar surface area (TPSA) is 3.24 Å². The van der Waals surface area contributed by atoms with Crippen molar-refractivity contribution in [1.82, 2.24) is 0 Å². The first-order chi connectivity index (χ1) is 6.70. The molecular formula is C13H16NTi-. The van der Waals surface area contributed by atoms with Crippen LogP contribution in [-0.4, -0.2) is 6.04 Å². The number of nitrogens with zero attached hydrogens (tertiary/aromatic N) is 1. The van der Waals surface area contributed by atoms with Gasteiger partial charge in [0.05, 0.1) is 0 Å². The number of benzene rings is 1. The van der Waals surface area contributed by atoms with E-state index in [1.807, 2.05) is 0 Å². The molecule has 0 atom stereocenters. The summed E-state index contributed by atoms with van der Waals surface area (Å²) in [6.07, 6.45) is 2.18. The maximum absolute atomic E-state index is 2.31. The summed E-state index contributed by atoms with van der Waals surface area (Å²) in [6, 6.07) is 9.08. The van der Waals surface area contributed by atoms with Crippen molar-refractivity contribution in [3.8, 4) is 0 Å². The van der Waals surface area contributed by atoms with Crippen LogP contribution in [0.5, 0.6) is 0 Å². The van der Waals surface area contributed by atoms with Crippen LogP contribution < -0.4 is 4.90 Å². The van der Waals surface area contributed by atoms with E-state index >= 15 is 0 Å². The number of hydrogen-bond acceptors (Lipinski definition) is 1. The summed E-state index contributed by atoms with van der Waals surface area (Å²) in [4.78, 5) is 2.31. The van der Waals surface area contributed by atoms with E-state index in [9.17, 15) is 0 Å². The average Bonchev–Trinajstić information content (AvgIpc) is 2.18. The molecule has 0 fully saturated rings. The molecule has 15 heavy (non-hydrogen) atoms. The van der Waals surface area contributed by atoms with Gasteiger partial charge in [0.25, 0.3) is 0 Å². The molecule has 1 heterocycles. The van der Waals surface area contributed by atoms with Crippen LogP contribution in [0.15, 0.2) is 30.3 Å². The van der Waals surface area contributed by atoms with E-state index in [1.165, 1.54) is 16.8 Å². The summed E-state index contributed by atoms with van der Waals surface area (Å²) in [5, 5.41) is 0. The van der Waals surface area contributed by atoms with Gasteiger partial charge in [-0.2, -0.15) is 5.57 Å². The molecule has 1 aliphatic rings. The predicted octanol–water partition coefficient (Wildman–Crippen LogP) is 3.48. The minimum atomic E-state index is 0. The Morgan fingerprint density at radius 3 is 2.53 bits per heavy atom. The zero-order valence-corrected chi connectivity index (χ0v) is 11.1. The molecule has 0 bridgehead atoms. The molecular weight excluding hydrogens is 218 g/mol. The molecule has 2 rings (SSSR count). The first kappa shape index (κ1) is 12.4. The van der Waals surface area contributed by atoms with E-state index < -0.39 is 0 Å². The van der Waals surface area contributed by atoms with Crippen LogP contribution in [0.2, 0.25) is 0 Å². The summed E-state index contributed by atoms with van der Waals surface area (Å²) in [6.45, 7) is 8.75. The van der Waals surface area contributed by atoms with E-state index in [-0.39, 0.29) is 21.7 Å². The van der Waals surface area contributed by atoms with Crippen LogP contribution in [0, 0.1) is 6.54 Å². The Hall–Kier alpha value is -0.656. The molecule has 1 nitrogen and oxygen atoms in total. The van der Waals surface area contributed by atoms with E-state index in [1.54, 1.807) is 0 Å². The fourth-order valence-electron chi connectivity index (χ4n) is 1.84. The van der Waals surface area contributed by atoms with Crippen LogP contribution in [0.1, 0.15) is 26.3 Å². The van der Waals surface area contributed by atoms with E-state index in [2.05, 4.69) is 62.6 Å². The maximum Gasteiger partial charge on any atom is 0.0140 e. The molecule has 0 N–H and O–H groups in total. The molecule has 1 aliphatic heterocycles. The van der Waals surface area contributed by atoms with Gasteiger partial charge in [-0.05, 0) is 19.9 Å². The van der Waals surface area contributed by atoms with Crippen molar-refractivity contribution in [2.45, 2.75) is 26.8 Å². The molecule has 0 spiro atoms. The second-order valence-electron chi connectivity index (χ2n) is 4.02. The van der Waals surface area contributed by atoms with E-state index in [4.69, 9.17) is 0 Å². The predicted molar refractivity (Wildman–Crippen MR) is 62.0 cm³/mol. The number of para-hydroxylation sites is 1. The molecule has 0 unspecified atom stereocenters. The molecule has 2 heteroatoms. The number of allylic oxidation sites excluding steroid dienone is 1. The average molecular weight is 234 g/mol. The molecule has 0 aromatic heterocycles. The van der Waals surface area contributed by atoms with Crippen LogP contribution >= 0.6 is 0 Å². The fourth-order valence-corrected chi connectivity index (χ4v) is 1.84. The zero-order chi connectivity index (χ0) is 10.1. The van der Waals surface area contributed by atoms with Gasteiger partial charge in [0.1, 0.15) is 0 Å². The SMILES string of the molecule is CC1=C[CH-]N(C(C)C)c2ccccc21.[Ti]. The third-order valence-corrected chi connectivity index (χ3v) is 2.65. The van der Waals surface area contributed by atoms with Gasteiger partial charge >= 0.3 is 0 Å². The minimum Gasteiger partial charge on any atom is -0.426 e. The van der Waals surface area contributed by atoms with Gasteiger partial charge < -0.3 is 4.90 Å². The number of hydrogen-bond donors (Lipinski definition) is 0. The van der Waals surface area contributed by atoms with Crippen LogP contribution in [0.25, 0.3) is 5.57 Å². The van der Waals surface area contributed by atoms with Crippen LogP contribution in [-0.2, 0) is 21.7 Å². The van der Waals surface area contributed by atoms with Gasteiger partial charge in [-0.1, -0.05) is 23.8 Å². The van der Waals surface area contributed by atoms with Crippen molar-refractivity contribution >= 4 is 11.3 Å². The minimum absolute atomic E-state index is 0. The van der Waals surface area contributed by atoms with Crippen LogP contribution in [0.3, 0.4) is 0 Å². The van der Waals surface area contributed by atoms with Crippen molar-refractivity contribution in [3.63, 3.8) is 0 Å². The summed E-state index contributed by atoms with van der Waals surface area (Å²) in [5.74, 6) is 0. The number of anilines is 1. The Labute approximate surface area is 107 Å². The third-order valence-electron chi connectivity index (χ3n) is 2.65. The van der Waals surface area contributed by atoms with Crippen LogP contribution in [0.4, 0.5) is 5.69 Å². The summed E-state index contributed by atoms with van der Waals surface area (Å²) < 4.78 is 0. The normalized spacial score (nSPS) is 13.9. The van der Waals surface area contributed by atoms with Gasteiger partial charge in [0.2, 0.25) is 0 Å². The largest absolute Gasteiger partial charge is 0.426 e. The smallest absolute Gasteiger partial charge is 0.0140 e. The van der Waals surface area contributed by atoms with Crippen molar-refractivity contribution in [2.75, 3.05) is 4.90 Å². The molecule has 0 radical (unpaired) electrons. The molecule has 78 valence electrons. The molecule has 0 saturated carbocycles. The zero-order valence-electron chi connectivity index (χ0n) is 9.49. The Balaban J connectivity index is 0.00000112. The molecule has 1 aromatic carbocycles. The monoisotopic (exact) mass is 234 g/mol. The van der Waals surface area contributed by atoms with Gasteiger partial charge in [0.15, 0.2) is 0 Å². The third kappa shape index (κ3) is 2.30. The summed E-state index contributed by atoms with van der Waals surface area (Å²) in [5.41, 5.74) is 4.02. The van der Waals surface area contributed by atoms with Crippen molar-refractivity contribution in [1.29, 1.82) is 0 Å². The maximum atomic E-state index is 2.31. The molecule has 1 aromatic rings. The summed E-state index contributed by atoms with van der Waals surface area (Å²) in [7, 11) is 0. The molecule has 0 aliphatic carbocycles. The number of fused-ring (bicyclic) bond motifs is 1. The Morgan fingerprint density at radius 2 is 1.87 bits per heavy atom. The quantitative estimate of drug-likeness (QED) is 0.531. The van der Waals surface area contributed by atoms with Gasteiger partial charge in [-0.3, -0.25) is 0 Å². The molecule has 0 amide bonds. The number of rotatable bonds is 1. The van der Waals surface area contributed by atoms with Gasteiger partial charge in [-0.25, -0.2) is 6.08 Å². The summed E-state index contributed by atoms with van der Waals surface area (Å²) >= 11 is 0. The van der Waals surface area contributed by atoms with Crippen molar-refractivity contribution < 1.29 is 21.7 Å². The second kappa shape index (κ2) is 4.91. The Bertz CT molecular complexity index is 369. The standard InChI is InChI=1S/C13H16N.Ti/c1-10(2)14-9-8-11(3)12-6-4-5-7-13(12)14;/h4-10H,1-3H3;/q-1;. The fraction of sp³-hybridized carbons (Fsp3) is 0.308.